The first-order valence-electron chi connectivity index (χ1n) is 6.68. The topological polar surface area (TPSA) is 24.3 Å². The first kappa shape index (κ1) is 11.5. The third-order valence-corrected chi connectivity index (χ3v) is 3.74. The Labute approximate surface area is 108 Å². The van der Waals surface area contributed by atoms with Gasteiger partial charge in [-0.1, -0.05) is 12.1 Å². The minimum atomic E-state index is 0.925. The third kappa shape index (κ3) is 1.86. The Morgan fingerprint density at radius 1 is 1.11 bits per heavy atom. The summed E-state index contributed by atoms with van der Waals surface area (Å²) in [4.78, 5) is 4.78. The summed E-state index contributed by atoms with van der Waals surface area (Å²) in [6.45, 7) is 7.45. The molecule has 2 aromatic rings. The predicted octanol–water partition coefficient (Wildman–Crippen LogP) is 1.81. The van der Waals surface area contributed by atoms with E-state index in [0.717, 1.165) is 38.5 Å². The van der Waals surface area contributed by atoms with Crippen LogP contribution in [0.3, 0.4) is 0 Å². The normalized spacial score (nSPS) is 17.6. The van der Waals surface area contributed by atoms with Gasteiger partial charge in [-0.15, -0.1) is 0 Å². The van der Waals surface area contributed by atoms with Crippen molar-refractivity contribution < 1.29 is 0 Å². The molecular formula is C14H20N4. The Morgan fingerprint density at radius 2 is 1.83 bits per heavy atom. The summed E-state index contributed by atoms with van der Waals surface area (Å²) in [5.74, 6) is 1.15. The Bertz CT molecular complexity index is 538. The number of fused-ring (bicyclic) bond motifs is 1. The summed E-state index contributed by atoms with van der Waals surface area (Å²) >= 11 is 0. The molecule has 0 radical (unpaired) electrons. The lowest BCUT2D eigenvalue weighted by Crippen LogP contribution is -2.44. The van der Waals surface area contributed by atoms with Crippen LogP contribution in [0, 0.1) is 0 Å². The molecule has 4 nitrogen and oxygen atoms in total. The molecule has 1 aromatic carbocycles. The largest absolute Gasteiger partial charge is 0.352 e. The first-order chi connectivity index (χ1) is 8.79. The van der Waals surface area contributed by atoms with E-state index < -0.39 is 0 Å². The van der Waals surface area contributed by atoms with E-state index in [9.17, 15) is 0 Å². The molecular weight excluding hydrogens is 224 g/mol. The Hall–Kier alpha value is -1.55. The zero-order chi connectivity index (χ0) is 12.5. The van der Waals surface area contributed by atoms with Gasteiger partial charge < -0.3 is 9.80 Å². The first-order valence-corrected chi connectivity index (χ1v) is 6.68. The van der Waals surface area contributed by atoms with Crippen LogP contribution in [0.2, 0.25) is 0 Å². The molecule has 18 heavy (non-hydrogen) atoms. The lowest BCUT2D eigenvalue weighted by atomic mass is 10.2. The lowest BCUT2D eigenvalue weighted by molar-refractivity contribution is 0.312. The highest BCUT2D eigenvalue weighted by Gasteiger charge is 2.19. The second kappa shape index (κ2) is 4.61. The van der Waals surface area contributed by atoms with Crippen molar-refractivity contribution in [1.82, 2.24) is 14.7 Å². The van der Waals surface area contributed by atoms with Crippen molar-refractivity contribution in [2.75, 3.05) is 38.1 Å². The molecule has 0 bridgehead atoms. The molecule has 0 amide bonds. The average Bonchev–Trinajstić information content (AvgIpc) is 2.79. The number of rotatable bonds is 2. The minimum Gasteiger partial charge on any atom is -0.352 e. The van der Waals surface area contributed by atoms with Gasteiger partial charge >= 0.3 is 0 Å². The third-order valence-electron chi connectivity index (χ3n) is 3.74. The number of benzene rings is 1. The SMILES string of the molecule is CCn1nc(N2CCN(C)CC2)c2ccccc21. The Morgan fingerprint density at radius 3 is 2.56 bits per heavy atom. The average molecular weight is 244 g/mol. The molecule has 1 aliphatic rings. The van der Waals surface area contributed by atoms with E-state index in [1.54, 1.807) is 0 Å². The van der Waals surface area contributed by atoms with Crippen LogP contribution in [-0.4, -0.2) is 47.9 Å². The predicted molar refractivity (Wildman–Crippen MR) is 75.1 cm³/mol. The zero-order valence-corrected chi connectivity index (χ0v) is 11.1. The van der Waals surface area contributed by atoms with Crippen LogP contribution in [0.1, 0.15) is 6.92 Å². The van der Waals surface area contributed by atoms with Gasteiger partial charge in [0.15, 0.2) is 5.82 Å². The van der Waals surface area contributed by atoms with Crippen molar-refractivity contribution in [3.05, 3.63) is 24.3 Å². The van der Waals surface area contributed by atoms with Gasteiger partial charge in [0, 0.05) is 38.1 Å². The maximum absolute atomic E-state index is 4.78. The number of hydrogen-bond donors (Lipinski definition) is 0. The van der Waals surface area contributed by atoms with Gasteiger partial charge in [-0.25, -0.2) is 0 Å². The van der Waals surface area contributed by atoms with Gasteiger partial charge in [-0.2, -0.15) is 5.10 Å². The Kier molecular flexibility index (Phi) is 2.96. The number of aryl methyl sites for hydroxylation is 1. The van der Waals surface area contributed by atoms with Gasteiger partial charge in [0.25, 0.3) is 0 Å². The van der Waals surface area contributed by atoms with Gasteiger partial charge in [-0.05, 0) is 26.1 Å². The van der Waals surface area contributed by atoms with Gasteiger partial charge in [0.05, 0.1) is 5.52 Å². The minimum absolute atomic E-state index is 0.925. The number of likely N-dealkylation sites (N-methyl/N-ethyl adjacent to an activating group) is 1. The number of nitrogens with zero attached hydrogens (tertiary/aromatic N) is 4. The maximum atomic E-state index is 4.78. The highest BCUT2D eigenvalue weighted by molar-refractivity contribution is 5.90. The van der Waals surface area contributed by atoms with Crippen molar-refractivity contribution >= 4 is 16.7 Å². The van der Waals surface area contributed by atoms with Crippen molar-refractivity contribution in [3.8, 4) is 0 Å². The van der Waals surface area contributed by atoms with Crippen LogP contribution < -0.4 is 4.90 Å². The van der Waals surface area contributed by atoms with E-state index >= 15 is 0 Å². The van der Waals surface area contributed by atoms with Crippen LogP contribution >= 0.6 is 0 Å². The number of piperazine rings is 1. The van der Waals surface area contributed by atoms with Crippen LogP contribution in [-0.2, 0) is 6.54 Å². The molecule has 0 saturated carbocycles. The molecule has 0 spiro atoms. The molecule has 4 heteroatoms. The van der Waals surface area contributed by atoms with Crippen LogP contribution in [0.25, 0.3) is 10.9 Å². The molecule has 1 saturated heterocycles. The summed E-state index contributed by atoms with van der Waals surface area (Å²) in [5, 5.41) is 6.06. The summed E-state index contributed by atoms with van der Waals surface area (Å²) in [6, 6.07) is 8.53. The molecule has 2 heterocycles. The monoisotopic (exact) mass is 244 g/mol. The standard InChI is InChI=1S/C14H20N4/c1-3-18-13-7-5-4-6-12(13)14(15-18)17-10-8-16(2)9-11-17/h4-7H,3,8-11H2,1-2H3. The van der Waals surface area contributed by atoms with Gasteiger partial charge in [0.2, 0.25) is 0 Å². The van der Waals surface area contributed by atoms with E-state index in [2.05, 4.69) is 52.7 Å². The summed E-state index contributed by atoms with van der Waals surface area (Å²) in [7, 11) is 2.18. The van der Waals surface area contributed by atoms with E-state index in [1.165, 1.54) is 10.9 Å². The Balaban J connectivity index is 2.01. The molecule has 1 aromatic heterocycles. The summed E-state index contributed by atoms with van der Waals surface area (Å²) < 4.78 is 2.10. The zero-order valence-electron chi connectivity index (χ0n) is 11.1. The molecule has 0 atom stereocenters. The molecule has 1 aliphatic heterocycles. The molecule has 0 N–H and O–H groups in total. The molecule has 0 aliphatic carbocycles. The fourth-order valence-electron chi connectivity index (χ4n) is 2.60. The van der Waals surface area contributed by atoms with E-state index in [4.69, 9.17) is 5.10 Å². The van der Waals surface area contributed by atoms with E-state index in [0.29, 0.717) is 0 Å². The lowest BCUT2D eigenvalue weighted by Gasteiger charge is -2.32. The smallest absolute Gasteiger partial charge is 0.158 e. The van der Waals surface area contributed by atoms with Crippen molar-refractivity contribution in [1.29, 1.82) is 0 Å². The number of anilines is 1. The van der Waals surface area contributed by atoms with Crippen LogP contribution in [0.4, 0.5) is 5.82 Å². The van der Waals surface area contributed by atoms with E-state index in [1.807, 2.05) is 0 Å². The fraction of sp³-hybridized carbons (Fsp3) is 0.500. The van der Waals surface area contributed by atoms with Gasteiger partial charge in [-0.3, -0.25) is 4.68 Å². The fourth-order valence-corrected chi connectivity index (χ4v) is 2.60. The second-order valence-electron chi connectivity index (χ2n) is 4.95. The summed E-state index contributed by atoms with van der Waals surface area (Å²) in [6.07, 6.45) is 0. The highest BCUT2D eigenvalue weighted by atomic mass is 15.4. The van der Waals surface area contributed by atoms with Crippen molar-refractivity contribution in [3.63, 3.8) is 0 Å². The number of aromatic nitrogens is 2. The molecule has 96 valence electrons. The highest BCUT2D eigenvalue weighted by Crippen LogP contribution is 2.26. The maximum Gasteiger partial charge on any atom is 0.158 e. The van der Waals surface area contributed by atoms with Crippen LogP contribution in [0.15, 0.2) is 24.3 Å². The quantitative estimate of drug-likeness (QED) is 0.805. The molecule has 1 fully saturated rings. The molecule has 3 rings (SSSR count). The number of hydrogen-bond acceptors (Lipinski definition) is 3. The van der Waals surface area contributed by atoms with Crippen LogP contribution in [0.5, 0.6) is 0 Å². The number of para-hydroxylation sites is 1. The summed E-state index contributed by atoms with van der Waals surface area (Å²) in [5.41, 5.74) is 1.24. The van der Waals surface area contributed by atoms with Crippen molar-refractivity contribution in [2.45, 2.75) is 13.5 Å². The van der Waals surface area contributed by atoms with Gasteiger partial charge in [0.1, 0.15) is 0 Å². The van der Waals surface area contributed by atoms with E-state index in [-0.39, 0.29) is 0 Å². The van der Waals surface area contributed by atoms with Crippen molar-refractivity contribution in [2.24, 2.45) is 0 Å². The molecule has 0 unspecified atom stereocenters. The second-order valence-corrected chi connectivity index (χ2v) is 4.95.